The molecule has 16 nitrogen and oxygen atoms in total. The molecule has 3 amide bonds. The topological polar surface area (TPSA) is 216 Å². The lowest BCUT2D eigenvalue weighted by atomic mass is 9.85. The number of anilines is 1. The molecular weight excluding hydrogens is 962 g/mol. The van der Waals surface area contributed by atoms with Crippen LogP contribution in [-0.2, 0) is 31.1 Å². The number of rotatable bonds is 17. The van der Waals surface area contributed by atoms with Crippen molar-refractivity contribution >= 4 is 61.8 Å². The normalized spacial score (nSPS) is 17.9. The minimum absolute atomic E-state index is 0.0218. The number of aliphatic hydroxyl groups is 1. The maximum Gasteiger partial charge on any atom is 0.301 e. The number of aliphatic hydroxyl groups excluding tert-OH is 1. The Labute approximate surface area is 412 Å². The predicted molar refractivity (Wildman–Crippen MR) is 261 cm³/mol. The van der Waals surface area contributed by atoms with Crippen LogP contribution in [0, 0.1) is 24.0 Å². The van der Waals surface area contributed by atoms with Gasteiger partial charge >= 0.3 is 10.2 Å². The molecule has 0 radical (unpaired) electrons. The number of thiazole rings is 1. The van der Waals surface area contributed by atoms with Gasteiger partial charge < -0.3 is 30.4 Å². The molecule has 8 rings (SSSR count). The molecule has 0 saturated carbocycles. The van der Waals surface area contributed by atoms with Crippen molar-refractivity contribution in [3.05, 3.63) is 119 Å². The molecular formula is C50H53F3N8O8S2. The van der Waals surface area contributed by atoms with E-state index in [9.17, 15) is 37.1 Å². The van der Waals surface area contributed by atoms with Gasteiger partial charge in [-0.15, -0.1) is 11.3 Å². The second kappa shape index (κ2) is 21.0. The Kier molecular flexibility index (Phi) is 15.0. The van der Waals surface area contributed by atoms with Gasteiger partial charge in [-0.25, -0.2) is 23.1 Å². The molecule has 5 heterocycles. The second-order valence-electron chi connectivity index (χ2n) is 18.7. The summed E-state index contributed by atoms with van der Waals surface area (Å²) in [5.41, 5.74) is 3.58. The van der Waals surface area contributed by atoms with E-state index in [-0.39, 0.29) is 62.1 Å². The molecule has 0 bridgehead atoms. The van der Waals surface area contributed by atoms with Crippen LogP contribution in [0.3, 0.4) is 0 Å². The number of β-amino-alcohol motifs (C(OH)–C–C–N with tert-alkyl or cyclic N) is 1. The highest BCUT2D eigenvalue weighted by Gasteiger charge is 2.44. The molecule has 5 N–H and O–H groups in total. The number of nitrogens with one attached hydrogen (secondary N) is 4. The summed E-state index contributed by atoms with van der Waals surface area (Å²) in [7, 11) is -4.39. The number of aromatic nitrogens is 3. The van der Waals surface area contributed by atoms with Crippen molar-refractivity contribution in [2.24, 2.45) is 5.41 Å². The molecule has 2 aliphatic heterocycles. The number of ether oxygens (including phenoxy) is 1. The number of nitrogens with zero attached hydrogens (tertiary/aromatic N) is 4. The number of hydrogen-bond acceptors (Lipinski definition) is 11. The van der Waals surface area contributed by atoms with Gasteiger partial charge in [-0.1, -0.05) is 57.2 Å². The van der Waals surface area contributed by atoms with E-state index in [4.69, 9.17) is 4.74 Å². The molecule has 2 fully saturated rings. The van der Waals surface area contributed by atoms with Gasteiger partial charge in [0.2, 0.25) is 23.5 Å². The average molecular weight is 1020 g/mol. The molecule has 3 aromatic carbocycles. The fourth-order valence-electron chi connectivity index (χ4n) is 8.61. The fourth-order valence-corrected chi connectivity index (χ4v) is 10.7. The number of alkyl halides is 1. The summed E-state index contributed by atoms with van der Waals surface area (Å²) in [5, 5.41) is 16.6. The van der Waals surface area contributed by atoms with E-state index in [1.165, 1.54) is 11.1 Å². The van der Waals surface area contributed by atoms with E-state index in [0.717, 1.165) is 38.1 Å². The number of hydrogen-bond donors (Lipinski definition) is 5. The maximum absolute atomic E-state index is 15.7. The summed E-state index contributed by atoms with van der Waals surface area (Å²) in [6.07, 6.45) is 0.888. The number of amides is 3. The third-order valence-corrected chi connectivity index (χ3v) is 14.9. The number of benzene rings is 3. The van der Waals surface area contributed by atoms with Gasteiger partial charge in [0.1, 0.15) is 35.5 Å². The average Bonchev–Trinajstić information content (AvgIpc) is 4.16. The highest BCUT2D eigenvalue weighted by atomic mass is 32.2. The molecule has 4 atom stereocenters. The quantitative estimate of drug-likeness (QED) is 0.0474. The number of carbonyl (C=O) groups excluding carboxylic acids is 4. The Morgan fingerprint density at radius 3 is 2.39 bits per heavy atom. The Hall–Kier alpha value is -6.68. The molecule has 0 aliphatic carbocycles. The lowest BCUT2D eigenvalue weighted by Gasteiger charge is -2.35. The van der Waals surface area contributed by atoms with Crippen LogP contribution in [0.15, 0.2) is 84.6 Å². The van der Waals surface area contributed by atoms with Crippen LogP contribution in [0.4, 0.5) is 18.9 Å². The van der Waals surface area contributed by atoms with Gasteiger partial charge in [-0.3, -0.25) is 23.9 Å². The number of likely N-dealkylation sites (tertiary alicyclic amines) is 1. The lowest BCUT2D eigenvalue weighted by Crippen LogP contribution is -2.57. The van der Waals surface area contributed by atoms with Gasteiger partial charge in [0.25, 0.3) is 0 Å². The summed E-state index contributed by atoms with van der Waals surface area (Å²) >= 11 is 1.55. The number of H-pyrrole nitrogens is 1. The number of carbonyl (C=O) groups is 4. The minimum atomic E-state index is -4.39. The SMILES string of the molecule is Cc1ncsc1-c1ccc(CNC(=O)[C@@H]2C[C@@H](O)CN2C(=O)[C@@H](NC(=O)CCCOc2ccc(-c3cnc4[nH]cc(C(=O)c5c(F)ccc(NS(=O)(=O)N6CC[C@@H](F)C6)c5F)c4c3)cc2)C(C)(C)C)cc1. The van der Waals surface area contributed by atoms with Crippen molar-refractivity contribution in [1.82, 2.24) is 34.8 Å². The zero-order chi connectivity index (χ0) is 50.8. The highest BCUT2D eigenvalue weighted by molar-refractivity contribution is 7.90. The van der Waals surface area contributed by atoms with Gasteiger partial charge in [0.15, 0.2) is 5.82 Å². The number of ketones is 1. The van der Waals surface area contributed by atoms with Crippen LogP contribution >= 0.6 is 11.3 Å². The molecule has 374 valence electrons. The summed E-state index contributed by atoms with van der Waals surface area (Å²) < 4.78 is 78.9. The molecule has 0 unspecified atom stereocenters. The van der Waals surface area contributed by atoms with Crippen LogP contribution in [0.1, 0.15) is 73.6 Å². The lowest BCUT2D eigenvalue weighted by molar-refractivity contribution is -0.144. The summed E-state index contributed by atoms with van der Waals surface area (Å²) in [4.78, 5) is 68.5. The Morgan fingerprint density at radius 2 is 1.72 bits per heavy atom. The zero-order valence-electron chi connectivity index (χ0n) is 39.3. The van der Waals surface area contributed by atoms with Crippen LogP contribution in [0.2, 0.25) is 0 Å². The molecule has 71 heavy (non-hydrogen) atoms. The van der Waals surface area contributed by atoms with Gasteiger partial charge in [0.05, 0.1) is 40.0 Å². The van der Waals surface area contributed by atoms with Crippen LogP contribution in [0.5, 0.6) is 5.75 Å². The first-order valence-corrected chi connectivity index (χ1v) is 25.3. The first-order chi connectivity index (χ1) is 33.8. The number of pyridine rings is 1. The summed E-state index contributed by atoms with van der Waals surface area (Å²) in [5.74, 6) is -4.48. The van der Waals surface area contributed by atoms with E-state index >= 15 is 8.78 Å². The molecule has 2 saturated heterocycles. The number of aryl methyl sites for hydroxylation is 1. The Balaban J connectivity index is 0.844. The molecule has 3 aromatic heterocycles. The van der Waals surface area contributed by atoms with Gasteiger partial charge in [-0.2, -0.15) is 12.7 Å². The van der Waals surface area contributed by atoms with Crippen molar-refractivity contribution in [3.8, 4) is 27.3 Å². The second-order valence-corrected chi connectivity index (χ2v) is 21.2. The highest BCUT2D eigenvalue weighted by Crippen LogP contribution is 2.32. The largest absolute Gasteiger partial charge is 0.494 e. The van der Waals surface area contributed by atoms with Crippen LogP contribution in [0.25, 0.3) is 32.6 Å². The number of fused-ring (bicyclic) bond motifs is 1. The minimum Gasteiger partial charge on any atom is -0.494 e. The fraction of sp³-hybridized carbons (Fsp3) is 0.360. The number of halogens is 3. The van der Waals surface area contributed by atoms with E-state index in [1.54, 1.807) is 53.4 Å². The maximum atomic E-state index is 15.7. The van der Waals surface area contributed by atoms with E-state index in [2.05, 4.69) is 25.6 Å². The Morgan fingerprint density at radius 1 is 0.986 bits per heavy atom. The van der Waals surface area contributed by atoms with Crippen LogP contribution < -0.4 is 20.1 Å². The van der Waals surface area contributed by atoms with Crippen LogP contribution in [-0.4, -0.2) is 112 Å². The smallest absolute Gasteiger partial charge is 0.301 e. The third kappa shape index (κ3) is 11.4. The number of aromatic amines is 1. The van der Waals surface area contributed by atoms with E-state index < -0.39 is 92.9 Å². The van der Waals surface area contributed by atoms with Gasteiger partial charge in [-0.05, 0) is 72.2 Å². The van der Waals surface area contributed by atoms with Crippen molar-refractivity contribution in [2.45, 2.75) is 84.3 Å². The van der Waals surface area contributed by atoms with Crippen molar-refractivity contribution in [1.29, 1.82) is 0 Å². The molecule has 6 aromatic rings. The van der Waals surface area contributed by atoms with Crippen molar-refractivity contribution in [2.75, 3.05) is 31.0 Å². The Bertz CT molecular complexity index is 3070. The van der Waals surface area contributed by atoms with Crippen molar-refractivity contribution < 1.29 is 50.6 Å². The first kappa shape index (κ1) is 50.7. The summed E-state index contributed by atoms with van der Waals surface area (Å²) in [6.45, 7) is 7.18. The molecule has 21 heteroatoms. The van der Waals surface area contributed by atoms with Crippen molar-refractivity contribution in [3.63, 3.8) is 0 Å². The summed E-state index contributed by atoms with van der Waals surface area (Å²) in [6, 6.07) is 16.0. The zero-order valence-corrected chi connectivity index (χ0v) is 40.9. The molecule has 0 spiro atoms. The predicted octanol–water partition coefficient (Wildman–Crippen LogP) is 6.84. The first-order valence-electron chi connectivity index (χ1n) is 23.0. The third-order valence-electron chi connectivity index (χ3n) is 12.5. The van der Waals surface area contributed by atoms with E-state index in [0.29, 0.717) is 23.3 Å². The molecule has 2 aliphatic rings. The van der Waals surface area contributed by atoms with Gasteiger partial charge in [0, 0.05) is 67.9 Å². The monoisotopic (exact) mass is 1010 g/mol. The van der Waals surface area contributed by atoms with E-state index in [1.807, 2.05) is 56.7 Å². The standard InChI is InChI=1S/C50H53F3N8O8S2/c1-28-45(70-27-57-28)31-9-7-29(8-10-31)22-56-48(65)40-21-34(62)26-61(40)49(66)46(50(2,3)4)58-41(63)6-5-19-69-35-13-11-30(12-14-35)32-20-36-37(24-55-47(36)54-23-32)44(64)42-38(52)15-16-39(43(42)53)59-71(67,68)60-18-17-33(51)25-60/h7-16,20,23-24,27,33-34,40,46,59,62H,5-6,17-19,21-22,25-26H2,1-4H3,(H,54,55)(H,56,65)(H,58,63)/t33-,34-,40+,46-/m1/s1.